The summed E-state index contributed by atoms with van der Waals surface area (Å²) in [5, 5.41) is 2.08. The van der Waals surface area contributed by atoms with Crippen LogP contribution >= 0.6 is 11.3 Å². The maximum absolute atomic E-state index is 5.77. The molecule has 0 bridgehead atoms. The molecule has 72 valence electrons. The molecule has 2 aromatic heterocycles. The van der Waals surface area contributed by atoms with E-state index in [9.17, 15) is 0 Å². The summed E-state index contributed by atoms with van der Waals surface area (Å²) in [6, 6.07) is 8.20. The topological polar surface area (TPSA) is 38.9 Å². The Morgan fingerprint density at radius 1 is 1.36 bits per heavy atom. The number of aromatic nitrogens is 1. The highest BCUT2D eigenvalue weighted by molar-refractivity contribution is 7.10. The molecule has 0 amide bonds. The van der Waals surface area contributed by atoms with Gasteiger partial charge in [0.25, 0.3) is 0 Å². The minimum absolute atomic E-state index is 0.295. The number of thiophene rings is 1. The van der Waals surface area contributed by atoms with Gasteiger partial charge in [0, 0.05) is 29.7 Å². The molecule has 0 aromatic carbocycles. The van der Waals surface area contributed by atoms with Gasteiger partial charge < -0.3 is 5.73 Å². The van der Waals surface area contributed by atoms with Crippen LogP contribution in [-0.4, -0.2) is 11.5 Å². The Kier molecular flexibility index (Phi) is 2.91. The highest BCUT2D eigenvalue weighted by Crippen LogP contribution is 2.26. The van der Waals surface area contributed by atoms with Gasteiger partial charge in [0.1, 0.15) is 0 Å². The molecule has 14 heavy (non-hydrogen) atoms. The number of nitrogens with two attached hydrogens (primary N) is 1. The lowest BCUT2D eigenvalue weighted by Gasteiger charge is -2.12. The molecule has 0 fully saturated rings. The maximum Gasteiger partial charge on any atom is 0.0321 e. The molecule has 0 saturated heterocycles. The molecule has 2 aromatic rings. The van der Waals surface area contributed by atoms with Crippen molar-refractivity contribution in [1.29, 1.82) is 0 Å². The first-order valence-corrected chi connectivity index (χ1v) is 5.43. The minimum Gasteiger partial charge on any atom is -0.329 e. The summed E-state index contributed by atoms with van der Waals surface area (Å²) in [6.07, 6.45) is 3.67. The van der Waals surface area contributed by atoms with Crippen LogP contribution < -0.4 is 5.73 Å². The molecular formula is C11H12N2S. The van der Waals surface area contributed by atoms with Crippen molar-refractivity contribution in [2.45, 2.75) is 5.92 Å². The lowest BCUT2D eigenvalue weighted by atomic mass is 10.00. The summed E-state index contributed by atoms with van der Waals surface area (Å²) in [5.74, 6) is 0.295. The first-order chi connectivity index (χ1) is 6.92. The van der Waals surface area contributed by atoms with E-state index >= 15 is 0 Å². The van der Waals surface area contributed by atoms with Gasteiger partial charge in [-0.25, -0.2) is 0 Å². The summed E-state index contributed by atoms with van der Waals surface area (Å²) < 4.78 is 0. The van der Waals surface area contributed by atoms with Crippen LogP contribution in [0.4, 0.5) is 0 Å². The molecule has 2 N–H and O–H groups in total. The molecule has 0 aliphatic heterocycles. The molecule has 3 heteroatoms. The van der Waals surface area contributed by atoms with E-state index in [2.05, 4.69) is 28.6 Å². The van der Waals surface area contributed by atoms with Gasteiger partial charge in [-0.15, -0.1) is 11.3 Å². The Morgan fingerprint density at radius 2 is 2.29 bits per heavy atom. The zero-order valence-electron chi connectivity index (χ0n) is 7.76. The van der Waals surface area contributed by atoms with E-state index in [-0.39, 0.29) is 0 Å². The third-order valence-corrected chi connectivity index (χ3v) is 3.20. The van der Waals surface area contributed by atoms with Gasteiger partial charge in [0.2, 0.25) is 0 Å². The molecule has 2 nitrogen and oxygen atoms in total. The fourth-order valence-corrected chi connectivity index (χ4v) is 2.36. The van der Waals surface area contributed by atoms with Gasteiger partial charge in [-0.1, -0.05) is 12.1 Å². The monoisotopic (exact) mass is 204 g/mol. The first-order valence-electron chi connectivity index (χ1n) is 4.55. The summed E-state index contributed by atoms with van der Waals surface area (Å²) in [6.45, 7) is 0.631. The maximum atomic E-state index is 5.77. The van der Waals surface area contributed by atoms with E-state index < -0.39 is 0 Å². The summed E-state index contributed by atoms with van der Waals surface area (Å²) in [7, 11) is 0. The van der Waals surface area contributed by atoms with Crippen LogP contribution in [0.25, 0.3) is 0 Å². The second-order valence-corrected chi connectivity index (χ2v) is 4.07. The lowest BCUT2D eigenvalue weighted by molar-refractivity contribution is 0.829. The van der Waals surface area contributed by atoms with Gasteiger partial charge in [0.15, 0.2) is 0 Å². The number of hydrogen-bond acceptors (Lipinski definition) is 3. The van der Waals surface area contributed by atoms with Crippen LogP contribution in [0.2, 0.25) is 0 Å². The number of pyridine rings is 1. The van der Waals surface area contributed by atoms with Crippen molar-refractivity contribution in [2.75, 3.05) is 6.54 Å². The van der Waals surface area contributed by atoms with Crippen molar-refractivity contribution in [1.82, 2.24) is 4.98 Å². The Morgan fingerprint density at radius 3 is 2.86 bits per heavy atom. The number of nitrogens with zero attached hydrogens (tertiary/aromatic N) is 1. The SMILES string of the molecule is NCC(c1cccnc1)c1cccs1. The van der Waals surface area contributed by atoms with Gasteiger partial charge in [-0.3, -0.25) is 4.98 Å². The molecule has 0 saturated carbocycles. The van der Waals surface area contributed by atoms with Crippen molar-refractivity contribution >= 4 is 11.3 Å². The van der Waals surface area contributed by atoms with E-state index in [1.165, 1.54) is 10.4 Å². The average Bonchev–Trinajstić information content (AvgIpc) is 2.74. The quantitative estimate of drug-likeness (QED) is 0.832. The number of hydrogen-bond donors (Lipinski definition) is 1. The Hall–Kier alpha value is -1.19. The standard InChI is InChI=1S/C11H12N2S/c12-7-10(11-4-2-6-14-11)9-3-1-5-13-8-9/h1-6,8,10H,7,12H2. The lowest BCUT2D eigenvalue weighted by Crippen LogP contribution is -2.12. The summed E-state index contributed by atoms with van der Waals surface area (Å²) in [4.78, 5) is 5.42. The van der Waals surface area contributed by atoms with Gasteiger partial charge in [-0.2, -0.15) is 0 Å². The molecular weight excluding hydrogens is 192 g/mol. The van der Waals surface area contributed by atoms with E-state index in [1.54, 1.807) is 17.5 Å². The number of rotatable bonds is 3. The van der Waals surface area contributed by atoms with Crippen LogP contribution in [0, 0.1) is 0 Å². The highest BCUT2D eigenvalue weighted by atomic mass is 32.1. The van der Waals surface area contributed by atoms with Crippen molar-refractivity contribution < 1.29 is 0 Å². The molecule has 1 atom stereocenters. The summed E-state index contributed by atoms with van der Waals surface area (Å²) >= 11 is 1.74. The molecule has 2 heterocycles. The van der Waals surface area contributed by atoms with Crippen LogP contribution in [0.1, 0.15) is 16.4 Å². The highest BCUT2D eigenvalue weighted by Gasteiger charge is 2.12. The zero-order valence-corrected chi connectivity index (χ0v) is 8.58. The van der Waals surface area contributed by atoms with Crippen molar-refractivity contribution in [2.24, 2.45) is 5.73 Å². The van der Waals surface area contributed by atoms with Crippen LogP contribution in [0.3, 0.4) is 0 Å². The Balaban J connectivity index is 2.31. The van der Waals surface area contributed by atoms with Crippen molar-refractivity contribution in [3.63, 3.8) is 0 Å². The molecule has 2 rings (SSSR count). The van der Waals surface area contributed by atoms with Crippen LogP contribution in [0.5, 0.6) is 0 Å². The first kappa shape index (κ1) is 9.37. The third kappa shape index (κ3) is 1.84. The molecule has 1 unspecified atom stereocenters. The zero-order chi connectivity index (χ0) is 9.80. The molecule has 0 aliphatic carbocycles. The molecule has 0 spiro atoms. The van der Waals surface area contributed by atoms with Gasteiger partial charge >= 0.3 is 0 Å². The third-order valence-electron chi connectivity index (χ3n) is 2.21. The second-order valence-electron chi connectivity index (χ2n) is 3.09. The summed E-state index contributed by atoms with van der Waals surface area (Å²) in [5.41, 5.74) is 6.97. The van der Waals surface area contributed by atoms with Crippen molar-refractivity contribution in [3.8, 4) is 0 Å². The predicted octanol–water partition coefficient (Wildman–Crippen LogP) is 2.23. The van der Waals surface area contributed by atoms with Crippen LogP contribution in [0.15, 0.2) is 42.0 Å². The van der Waals surface area contributed by atoms with E-state index in [4.69, 9.17) is 5.73 Å². The Labute approximate surface area is 87.4 Å². The van der Waals surface area contributed by atoms with Crippen LogP contribution in [-0.2, 0) is 0 Å². The second kappa shape index (κ2) is 4.35. The fourth-order valence-electron chi connectivity index (χ4n) is 1.49. The predicted molar refractivity (Wildman–Crippen MR) is 59.5 cm³/mol. The average molecular weight is 204 g/mol. The normalized spacial score (nSPS) is 12.6. The van der Waals surface area contributed by atoms with E-state index in [1.807, 2.05) is 12.3 Å². The fraction of sp³-hybridized carbons (Fsp3) is 0.182. The minimum atomic E-state index is 0.295. The van der Waals surface area contributed by atoms with E-state index in [0.29, 0.717) is 12.5 Å². The molecule has 0 radical (unpaired) electrons. The van der Waals surface area contributed by atoms with Gasteiger partial charge in [-0.05, 0) is 23.1 Å². The largest absolute Gasteiger partial charge is 0.329 e. The molecule has 0 aliphatic rings. The Bertz CT molecular complexity index is 369. The van der Waals surface area contributed by atoms with Crippen molar-refractivity contribution in [3.05, 3.63) is 52.5 Å². The van der Waals surface area contributed by atoms with E-state index in [0.717, 1.165) is 0 Å². The van der Waals surface area contributed by atoms with Gasteiger partial charge in [0.05, 0.1) is 0 Å². The smallest absolute Gasteiger partial charge is 0.0321 e.